The van der Waals surface area contributed by atoms with Crippen LogP contribution in [0.4, 0.5) is 5.69 Å². The number of rotatable bonds is 4. The molecule has 0 atom stereocenters. The van der Waals surface area contributed by atoms with Crippen LogP contribution in [-0.2, 0) is 0 Å². The summed E-state index contributed by atoms with van der Waals surface area (Å²) >= 11 is 0. The zero-order valence-corrected chi connectivity index (χ0v) is 14.0. The third kappa shape index (κ3) is 4.01. The van der Waals surface area contributed by atoms with Gasteiger partial charge in [0.2, 0.25) is 0 Å². The van der Waals surface area contributed by atoms with Crippen LogP contribution in [0.1, 0.15) is 32.4 Å². The summed E-state index contributed by atoms with van der Waals surface area (Å²) in [6, 6.07) is 14.1. The molecule has 1 aliphatic rings. The molecule has 5 N–H and O–H groups in total. The highest BCUT2D eigenvalue weighted by Crippen LogP contribution is 2.15. The van der Waals surface area contributed by atoms with Crippen LogP contribution in [0.25, 0.3) is 0 Å². The average Bonchev–Trinajstić information content (AvgIpc) is 3.16. The van der Waals surface area contributed by atoms with Gasteiger partial charge in [-0.15, -0.1) is 0 Å². The summed E-state index contributed by atoms with van der Waals surface area (Å²) in [6.45, 7) is 0. The monoisotopic (exact) mass is 340 g/mol. The lowest BCUT2D eigenvalue weighted by molar-refractivity contribution is 0.0827. The second-order valence-corrected chi connectivity index (χ2v) is 5.82. The molecule has 130 valence electrons. The molecule has 1 fully saturated rings. The van der Waals surface area contributed by atoms with Crippen LogP contribution in [0, 0.1) is 0 Å². The lowest BCUT2D eigenvalue weighted by atomic mass is 10.1. The minimum atomic E-state index is -0.207. The molecule has 2 aromatic rings. The van der Waals surface area contributed by atoms with Crippen LogP contribution in [0.5, 0.6) is 0 Å². The summed E-state index contributed by atoms with van der Waals surface area (Å²) in [5.74, 6) is -0.284. The highest BCUT2D eigenvalue weighted by molar-refractivity contribution is 6.04. The van der Waals surface area contributed by atoms with Gasteiger partial charge in [0, 0.05) is 30.9 Å². The topological polar surface area (TPSA) is 97.5 Å². The van der Waals surface area contributed by atoms with Gasteiger partial charge in [0.15, 0.2) is 0 Å². The Kier molecular flexibility index (Phi) is 5.05. The molecule has 1 aliphatic heterocycles. The zero-order chi connectivity index (χ0) is 17.8. The molecule has 1 saturated heterocycles. The molecule has 0 radical (unpaired) electrons. The third-order valence-corrected chi connectivity index (χ3v) is 3.80. The normalized spacial score (nSPS) is 14.3. The SMILES string of the molecule is CN(C)C(=O)c1ccc(NC(=O)c2ccc(C3NNNN3)cc2)cc1. The van der Waals surface area contributed by atoms with Crippen molar-refractivity contribution in [1.29, 1.82) is 0 Å². The van der Waals surface area contributed by atoms with Crippen LogP contribution >= 0.6 is 0 Å². The number of hydrogen-bond donors (Lipinski definition) is 5. The largest absolute Gasteiger partial charge is 0.345 e. The number of nitrogens with zero attached hydrogens (tertiary/aromatic N) is 1. The highest BCUT2D eigenvalue weighted by Gasteiger charge is 2.15. The van der Waals surface area contributed by atoms with E-state index in [1.807, 2.05) is 12.1 Å². The van der Waals surface area contributed by atoms with Crippen LogP contribution in [-0.4, -0.2) is 30.8 Å². The first kappa shape index (κ1) is 17.1. The van der Waals surface area contributed by atoms with Crippen LogP contribution < -0.4 is 27.2 Å². The molecule has 0 aliphatic carbocycles. The second kappa shape index (κ2) is 7.41. The standard InChI is InChI=1S/C17H20N6O2/c1-23(2)17(25)13-7-9-14(10-8-13)18-16(24)12-5-3-11(4-6-12)15-19-21-22-20-15/h3-10,15,19-22H,1-2H3,(H,18,24). The van der Waals surface area contributed by atoms with Crippen molar-refractivity contribution in [3.63, 3.8) is 0 Å². The predicted molar refractivity (Wildman–Crippen MR) is 94.1 cm³/mol. The Hall–Kier alpha value is -2.78. The molecular weight excluding hydrogens is 320 g/mol. The molecular formula is C17H20N6O2. The van der Waals surface area contributed by atoms with Crippen molar-refractivity contribution in [2.45, 2.75) is 6.17 Å². The summed E-state index contributed by atoms with van der Waals surface area (Å²) in [5.41, 5.74) is 14.2. The molecule has 2 aromatic carbocycles. The van der Waals surface area contributed by atoms with E-state index in [1.165, 1.54) is 4.90 Å². The summed E-state index contributed by atoms with van der Waals surface area (Å²) in [4.78, 5) is 25.7. The molecule has 8 heteroatoms. The maximum atomic E-state index is 12.3. The van der Waals surface area contributed by atoms with Gasteiger partial charge in [0.1, 0.15) is 6.17 Å². The maximum absolute atomic E-state index is 12.3. The van der Waals surface area contributed by atoms with E-state index < -0.39 is 0 Å². The van der Waals surface area contributed by atoms with E-state index in [2.05, 4.69) is 27.2 Å². The fraction of sp³-hybridized carbons (Fsp3) is 0.176. The first-order valence-electron chi connectivity index (χ1n) is 7.79. The minimum absolute atomic E-state index is 0.0705. The number of amides is 2. The number of hydrazine groups is 3. The molecule has 3 rings (SSSR count). The van der Waals surface area contributed by atoms with E-state index in [4.69, 9.17) is 0 Å². The molecule has 1 heterocycles. The van der Waals surface area contributed by atoms with Crippen LogP contribution in [0.2, 0.25) is 0 Å². The van der Waals surface area contributed by atoms with Gasteiger partial charge in [0.25, 0.3) is 11.8 Å². The summed E-state index contributed by atoms with van der Waals surface area (Å²) in [5, 5.41) is 2.82. The van der Waals surface area contributed by atoms with Crippen molar-refractivity contribution in [1.82, 2.24) is 26.8 Å². The van der Waals surface area contributed by atoms with Crippen molar-refractivity contribution >= 4 is 17.5 Å². The van der Waals surface area contributed by atoms with E-state index in [0.29, 0.717) is 16.8 Å². The molecule has 2 amide bonds. The second-order valence-electron chi connectivity index (χ2n) is 5.82. The lowest BCUT2D eigenvalue weighted by Crippen LogP contribution is -2.33. The van der Waals surface area contributed by atoms with Gasteiger partial charge < -0.3 is 10.2 Å². The van der Waals surface area contributed by atoms with E-state index in [0.717, 1.165) is 5.56 Å². The van der Waals surface area contributed by atoms with Gasteiger partial charge in [-0.1, -0.05) is 12.1 Å². The smallest absolute Gasteiger partial charge is 0.255 e. The molecule has 25 heavy (non-hydrogen) atoms. The van der Waals surface area contributed by atoms with Crippen molar-refractivity contribution in [3.8, 4) is 0 Å². The fourth-order valence-electron chi connectivity index (χ4n) is 2.40. The predicted octanol–water partition coefficient (Wildman–Crippen LogP) is 0.756. The van der Waals surface area contributed by atoms with Crippen molar-refractivity contribution < 1.29 is 9.59 Å². The fourth-order valence-corrected chi connectivity index (χ4v) is 2.40. The Balaban J connectivity index is 1.64. The Labute approximate surface area is 145 Å². The molecule has 0 aromatic heterocycles. The third-order valence-electron chi connectivity index (χ3n) is 3.80. The van der Waals surface area contributed by atoms with Gasteiger partial charge in [-0.05, 0) is 42.0 Å². The molecule has 0 saturated carbocycles. The Morgan fingerprint density at radius 1 is 0.880 bits per heavy atom. The Morgan fingerprint density at radius 3 is 2.00 bits per heavy atom. The molecule has 8 nitrogen and oxygen atoms in total. The number of carbonyl (C=O) groups is 2. The van der Waals surface area contributed by atoms with Crippen LogP contribution in [0.3, 0.4) is 0 Å². The molecule has 0 bridgehead atoms. The van der Waals surface area contributed by atoms with Crippen molar-refractivity contribution in [2.24, 2.45) is 0 Å². The number of hydrogen-bond acceptors (Lipinski definition) is 6. The van der Waals surface area contributed by atoms with Gasteiger partial charge in [0.05, 0.1) is 0 Å². The Morgan fingerprint density at radius 2 is 1.44 bits per heavy atom. The quantitative estimate of drug-likeness (QED) is 0.564. The summed E-state index contributed by atoms with van der Waals surface area (Å²) < 4.78 is 0. The maximum Gasteiger partial charge on any atom is 0.255 e. The average molecular weight is 340 g/mol. The van der Waals surface area contributed by atoms with Crippen molar-refractivity contribution in [2.75, 3.05) is 19.4 Å². The van der Waals surface area contributed by atoms with Gasteiger partial charge in [-0.3, -0.25) is 9.59 Å². The first-order chi connectivity index (χ1) is 12.0. The number of nitrogens with one attached hydrogen (secondary N) is 5. The van der Waals surface area contributed by atoms with E-state index >= 15 is 0 Å². The lowest BCUT2D eigenvalue weighted by Gasteiger charge is -2.12. The number of anilines is 1. The Bertz CT molecular complexity index is 752. The number of benzene rings is 2. The zero-order valence-electron chi connectivity index (χ0n) is 14.0. The summed E-state index contributed by atoms with van der Waals surface area (Å²) in [6.07, 6.45) is -0.0705. The molecule has 0 spiro atoms. The van der Waals surface area contributed by atoms with E-state index in [1.54, 1.807) is 50.5 Å². The van der Waals surface area contributed by atoms with Crippen LogP contribution in [0.15, 0.2) is 48.5 Å². The van der Waals surface area contributed by atoms with Gasteiger partial charge in [-0.2, -0.15) is 11.1 Å². The number of carbonyl (C=O) groups excluding carboxylic acids is 2. The summed E-state index contributed by atoms with van der Waals surface area (Å²) in [7, 11) is 3.40. The van der Waals surface area contributed by atoms with Crippen molar-refractivity contribution in [3.05, 3.63) is 65.2 Å². The molecule has 0 unspecified atom stereocenters. The van der Waals surface area contributed by atoms with Gasteiger partial charge in [-0.25, -0.2) is 10.9 Å². The van der Waals surface area contributed by atoms with E-state index in [9.17, 15) is 9.59 Å². The van der Waals surface area contributed by atoms with E-state index in [-0.39, 0.29) is 18.0 Å². The minimum Gasteiger partial charge on any atom is -0.345 e. The van der Waals surface area contributed by atoms with Gasteiger partial charge >= 0.3 is 0 Å². The first-order valence-corrected chi connectivity index (χ1v) is 7.79. The highest BCUT2D eigenvalue weighted by atomic mass is 16.2.